The lowest BCUT2D eigenvalue weighted by atomic mass is 10.2. The van der Waals surface area contributed by atoms with Crippen LogP contribution in [0.25, 0.3) is 0 Å². The molecule has 0 aliphatic carbocycles. The summed E-state index contributed by atoms with van der Waals surface area (Å²) in [4.78, 5) is 1.56. The monoisotopic (exact) mass is 324 g/mol. The van der Waals surface area contributed by atoms with Crippen LogP contribution in [0.2, 0.25) is 0 Å². The van der Waals surface area contributed by atoms with Gasteiger partial charge in [-0.05, 0) is 31.5 Å². The van der Waals surface area contributed by atoms with Crippen molar-refractivity contribution in [3.8, 4) is 0 Å². The van der Waals surface area contributed by atoms with Crippen molar-refractivity contribution < 1.29 is 13.5 Å². The number of nitrogens with zero attached hydrogens (tertiary/aromatic N) is 1. The van der Waals surface area contributed by atoms with Gasteiger partial charge in [0.1, 0.15) is 0 Å². The van der Waals surface area contributed by atoms with Crippen LogP contribution in [0.3, 0.4) is 0 Å². The van der Waals surface area contributed by atoms with Gasteiger partial charge in [0.2, 0.25) is 9.84 Å². The fourth-order valence-corrected chi connectivity index (χ4v) is 4.26. The van der Waals surface area contributed by atoms with Gasteiger partial charge in [0, 0.05) is 6.54 Å². The number of sulfone groups is 1. The lowest BCUT2D eigenvalue weighted by molar-refractivity contribution is 0.193. The molecular formula is C16H24N2O3S. The molecule has 1 aromatic carbocycles. The van der Waals surface area contributed by atoms with Crippen molar-refractivity contribution in [2.75, 3.05) is 19.6 Å². The molecule has 0 radical (unpaired) electrons. The second kappa shape index (κ2) is 7.65. The van der Waals surface area contributed by atoms with Crippen LogP contribution >= 0.6 is 0 Å². The Morgan fingerprint density at radius 3 is 2.55 bits per heavy atom. The first-order valence-corrected chi connectivity index (χ1v) is 9.34. The normalized spacial score (nSPS) is 20.1. The van der Waals surface area contributed by atoms with E-state index >= 15 is 0 Å². The van der Waals surface area contributed by atoms with E-state index in [1.165, 1.54) is 0 Å². The number of aliphatic hydroxyl groups excluding tert-OH is 1. The van der Waals surface area contributed by atoms with E-state index in [1.54, 1.807) is 17.0 Å². The Morgan fingerprint density at radius 1 is 1.18 bits per heavy atom. The van der Waals surface area contributed by atoms with Crippen molar-refractivity contribution in [3.05, 3.63) is 47.2 Å². The quantitative estimate of drug-likeness (QED) is 0.719. The number of hydrogen-bond acceptors (Lipinski definition) is 5. The van der Waals surface area contributed by atoms with Crippen LogP contribution in [-0.2, 0) is 9.84 Å². The Morgan fingerprint density at radius 2 is 1.86 bits per heavy atom. The molecule has 1 heterocycles. The SMILES string of the molecule is CCCCNCCCN1C(O)=CS(=O)(=O)C1c1ccccc1. The van der Waals surface area contributed by atoms with Gasteiger partial charge in [-0.15, -0.1) is 0 Å². The van der Waals surface area contributed by atoms with E-state index in [2.05, 4.69) is 12.2 Å². The summed E-state index contributed by atoms with van der Waals surface area (Å²) in [6, 6.07) is 9.03. The molecule has 1 unspecified atom stereocenters. The maximum absolute atomic E-state index is 12.3. The third-order valence-electron chi connectivity index (χ3n) is 3.70. The minimum atomic E-state index is -3.50. The van der Waals surface area contributed by atoms with E-state index in [1.807, 2.05) is 18.2 Å². The first-order chi connectivity index (χ1) is 10.6. The Kier molecular flexibility index (Phi) is 5.85. The summed E-state index contributed by atoms with van der Waals surface area (Å²) in [7, 11) is -3.50. The van der Waals surface area contributed by atoms with Gasteiger partial charge in [0.15, 0.2) is 11.3 Å². The van der Waals surface area contributed by atoms with Crippen molar-refractivity contribution in [1.82, 2.24) is 10.2 Å². The Balaban J connectivity index is 2.00. The van der Waals surface area contributed by atoms with E-state index in [4.69, 9.17) is 0 Å². The molecule has 6 heteroatoms. The first kappa shape index (κ1) is 16.8. The van der Waals surface area contributed by atoms with Gasteiger partial charge in [-0.2, -0.15) is 0 Å². The number of aliphatic hydroxyl groups is 1. The molecule has 1 aliphatic rings. The standard InChI is InChI=1S/C16H24N2O3S/c1-2-3-10-17-11-7-12-18-15(19)13-22(20,21)16(18)14-8-5-4-6-9-14/h4-6,8-9,13,16-17,19H,2-3,7,10-12H2,1H3. The van der Waals surface area contributed by atoms with Crippen LogP contribution in [0.15, 0.2) is 41.6 Å². The number of unbranched alkanes of at least 4 members (excludes halogenated alkanes) is 1. The molecule has 0 aromatic heterocycles. The van der Waals surface area contributed by atoms with Gasteiger partial charge in [0.05, 0.1) is 5.41 Å². The molecule has 5 nitrogen and oxygen atoms in total. The topological polar surface area (TPSA) is 69.6 Å². The van der Waals surface area contributed by atoms with E-state index in [9.17, 15) is 13.5 Å². The van der Waals surface area contributed by atoms with Crippen molar-refractivity contribution in [2.45, 2.75) is 31.6 Å². The zero-order chi connectivity index (χ0) is 16.0. The molecule has 22 heavy (non-hydrogen) atoms. The van der Waals surface area contributed by atoms with Crippen LogP contribution < -0.4 is 5.32 Å². The van der Waals surface area contributed by atoms with Crippen molar-refractivity contribution in [2.24, 2.45) is 0 Å². The van der Waals surface area contributed by atoms with E-state index in [0.717, 1.165) is 37.8 Å². The molecule has 1 atom stereocenters. The lowest BCUT2D eigenvalue weighted by Gasteiger charge is -2.26. The van der Waals surface area contributed by atoms with Gasteiger partial charge >= 0.3 is 0 Å². The molecule has 0 spiro atoms. The largest absolute Gasteiger partial charge is 0.494 e. The van der Waals surface area contributed by atoms with E-state index in [0.29, 0.717) is 12.1 Å². The second-order valence-electron chi connectivity index (χ2n) is 5.48. The summed E-state index contributed by atoms with van der Waals surface area (Å²) in [5.74, 6) is -0.164. The van der Waals surface area contributed by atoms with E-state index < -0.39 is 15.2 Å². The van der Waals surface area contributed by atoms with E-state index in [-0.39, 0.29) is 5.88 Å². The minimum absolute atomic E-state index is 0.164. The lowest BCUT2D eigenvalue weighted by Crippen LogP contribution is -2.30. The fraction of sp³-hybridized carbons (Fsp3) is 0.500. The third-order valence-corrected chi connectivity index (χ3v) is 5.39. The van der Waals surface area contributed by atoms with Crippen molar-refractivity contribution >= 4 is 9.84 Å². The van der Waals surface area contributed by atoms with Crippen LogP contribution in [-0.4, -0.2) is 38.1 Å². The van der Waals surface area contributed by atoms with Crippen molar-refractivity contribution in [3.63, 3.8) is 0 Å². The number of rotatable bonds is 8. The second-order valence-corrected chi connectivity index (χ2v) is 7.34. The van der Waals surface area contributed by atoms with Crippen LogP contribution in [0.5, 0.6) is 0 Å². The van der Waals surface area contributed by atoms with Gasteiger partial charge in [-0.1, -0.05) is 43.7 Å². The molecule has 0 saturated heterocycles. The maximum Gasteiger partial charge on any atom is 0.202 e. The highest BCUT2D eigenvalue weighted by Crippen LogP contribution is 2.36. The molecule has 1 aromatic rings. The van der Waals surface area contributed by atoms with Gasteiger partial charge < -0.3 is 15.3 Å². The predicted molar refractivity (Wildman–Crippen MR) is 87.9 cm³/mol. The highest BCUT2D eigenvalue weighted by Gasteiger charge is 2.39. The molecular weight excluding hydrogens is 300 g/mol. The van der Waals surface area contributed by atoms with Gasteiger partial charge in [0.25, 0.3) is 0 Å². The summed E-state index contributed by atoms with van der Waals surface area (Å²) < 4.78 is 24.5. The molecule has 122 valence electrons. The van der Waals surface area contributed by atoms with Crippen LogP contribution in [0, 0.1) is 0 Å². The smallest absolute Gasteiger partial charge is 0.202 e. The molecule has 2 N–H and O–H groups in total. The highest BCUT2D eigenvalue weighted by atomic mass is 32.2. The average molecular weight is 324 g/mol. The fourth-order valence-electron chi connectivity index (χ4n) is 2.60. The summed E-state index contributed by atoms with van der Waals surface area (Å²) in [6.07, 6.45) is 3.06. The van der Waals surface area contributed by atoms with Crippen LogP contribution in [0.4, 0.5) is 0 Å². The molecule has 2 rings (SSSR count). The summed E-state index contributed by atoms with van der Waals surface area (Å²) in [5, 5.41) is 13.5. The third kappa shape index (κ3) is 4.01. The van der Waals surface area contributed by atoms with Gasteiger partial charge in [-0.3, -0.25) is 0 Å². The zero-order valence-corrected chi connectivity index (χ0v) is 13.7. The molecule has 1 aliphatic heterocycles. The van der Waals surface area contributed by atoms with Gasteiger partial charge in [-0.25, -0.2) is 8.42 Å². The number of benzene rings is 1. The number of nitrogens with one attached hydrogen (secondary N) is 1. The molecule has 0 amide bonds. The zero-order valence-electron chi connectivity index (χ0n) is 12.9. The number of hydrogen-bond donors (Lipinski definition) is 2. The average Bonchev–Trinajstić information content (AvgIpc) is 2.72. The highest BCUT2D eigenvalue weighted by molar-refractivity contribution is 7.94. The maximum atomic E-state index is 12.3. The molecule has 0 bridgehead atoms. The Hall–Kier alpha value is -1.53. The first-order valence-electron chi connectivity index (χ1n) is 7.73. The Labute approximate surface area is 132 Å². The molecule has 0 fully saturated rings. The molecule has 0 saturated carbocycles. The predicted octanol–water partition coefficient (Wildman–Crippen LogP) is 2.55. The summed E-state index contributed by atoms with van der Waals surface area (Å²) in [5.41, 5.74) is 0.682. The summed E-state index contributed by atoms with van der Waals surface area (Å²) >= 11 is 0. The van der Waals surface area contributed by atoms with Crippen LogP contribution in [0.1, 0.15) is 37.1 Å². The Bertz CT molecular complexity index is 599. The van der Waals surface area contributed by atoms with Crippen molar-refractivity contribution in [1.29, 1.82) is 0 Å². The minimum Gasteiger partial charge on any atom is -0.494 e. The summed E-state index contributed by atoms with van der Waals surface area (Å²) in [6.45, 7) is 4.42.